The predicted molar refractivity (Wildman–Crippen MR) is 76.5 cm³/mol. The van der Waals surface area contributed by atoms with Crippen molar-refractivity contribution < 1.29 is 56.1 Å². The molecule has 0 fully saturated rings. The van der Waals surface area contributed by atoms with Crippen molar-refractivity contribution >= 4 is 16.3 Å². The van der Waals surface area contributed by atoms with Crippen molar-refractivity contribution in [3.05, 3.63) is 59.7 Å². The van der Waals surface area contributed by atoms with Crippen LogP contribution in [0.25, 0.3) is 16.3 Å². The van der Waals surface area contributed by atoms with Crippen LogP contribution in [0.15, 0.2) is 54.1 Å². The zero-order valence-corrected chi connectivity index (χ0v) is 15.6. The van der Waals surface area contributed by atoms with Gasteiger partial charge in [0.05, 0.1) is 0 Å². The normalized spacial score (nSPS) is 12.8. The van der Waals surface area contributed by atoms with Crippen molar-refractivity contribution in [2.24, 2.45) is 0 Å². The van der Waals surface area contributed by atoms with Gasteiger partial charge in [-0.3, -0.25) is 0 Å². The monoisotopic (exact) mass is 397 g/mol. The third-order valence-electron chi connectivity index (χ3n) is 3.60. The van der Waals surface area contributed by atoms with Crippen molar-refractivity contribution in [2.45, 2.75) is 19.3 Å². The van der Waals surface area contributed by atoms with Crippen LogP contribution in [0.3, 0.4) is 0 Å². The molecule has 1 aliphatic rings. The van der Waals surface area contributed by atoms with Crippen molar-refractivity contribution in [3.8, 4) is 0 Å². The largest absolute Gasteiger partial charge is 3.00 e. The first-order valence-electron chi connectivity index (χ1n) is 6.54. The van der Waals surface area contributed by atoms with E-state index in [4.69, 9.17) is 5.11 Å². The zero-order valence-electron chi connectivity index (χ0n) is 11.7. The number of fused-ring (bicyclic) bond motifs is 1. The smallest absolute Gasteiger partial charge is 1.00 e. The van der Waals surface area contributed by atoms with Gasteiger partial charge in [-0.15, -0.1) is 34.5 Å². The maximum Gasteiger partial charge on any atom is 3.00 e. The van der Waals surface area contributed by atoms with Gasteiger partial charge in [0.2, 0.25) is 0 Å². The van der Waals surface area contributed by atoms with Crippen LogP contribution in [-0.2, 0) is 26.2 Å². The van der Waals surface area contributed by atoms with E-state index in [0.717, 1.165) is 19.3 Å². The summed E-state index contributed by atoms with van der Waals surface area (Å²) in [6.07, 6.45) is 7.28. The van der Waals surface area contributed by atoms with Crippen LogP contribution in [0.5, 0.6) is 0 Å². The number of aliphatic hydroxyl groups is 1. The standard InChI is InChI=1S/C17H17O.2ClH.Zr/c18-10-4-8-13-7-3-9-17(13)16-11-14-5-1-2-6-15(14)12-16;;;/h1-3,5-7,11-12,18H,4,8-10H2;2*1H;/q-1;;;+3/p-2. The van der Waals surface area contributed by atoms with Gasteiger partial charge in [0.1, 0.15) is 0 Å². The Morgan fingerprint density at radius 2 is 1.90 bits per heavy atom. The fraction of sp³-hybridized carbons (Fsp3) is 0.235. The van der Waals surface area contributed by atoms with Crippen LogP contribution in [0.4, 0.5) is 0 Å². The maximum atomic E-state index is 8.95. The Hall–Kier alpha value is -0.267. The van der Waals surface area contributed by atoms with E-state index < -0.39 is 0 Å². The van der Waals surface area contributed by atoms with E-state index in [-0.39, 0.29) is 57.6 Å². The first kappa shape index (κ1) is 20.7. The average Bonchev–Trinajstić information content (AvgIpc) is 3.01. The fourth-order valence-corrected chi connectivity index (χ4v) is 2.68. The molecule has 0 unspecified atom stereocenters. The molecule has 0 amide bonds. The van der Waals surface area contributed by atoms with E-state index in [1.54, 1.807) is 0 Å². The molecular formula is C17H17Cl2OZr. The van der Waals surface area contributed by atoms with E-state index in [0.29, 0.717) is 0 Å². The molecule has 3 rings (SSSR count). The van der Waals surface area contributed by atoms with Gasteiger partial charge in [-0.05, 0) is 19.3 Å². The number of hydrogen-bond acceptors (Lipinski definition) is 1. The van der Waals surface area contributed by atoms with E-state index in [1.165, 1.54) is 27.5 Å². The minimum Gasteiger partial charge on any atom is -1.00 e. The van der Waals surface area contributed by atoms with Gasteiger partial charge in [0.15, 0.2) is 0 Å². The number of allylic oxidation sites excluding steroid dienone is 4. The van der Waals surface area contributed by atoms with Gasteiger partial charge in [0.25, 0.3) is 0 Å². The molecule has 0 atom stereocenters. The molecule has 1 radical (unpaired) electrons. The van der Waals surface area contributed by atoms with Crippen LogP contribution in [0, 0.1) is 0 Å². The molecular weight excluding hydrogens is 382 g/mol. The Morgan fingerprint density at radius 1 is 1.14 bits per heavy atom. The second-order valence-corrected chi connectivity index (χ2v) is 4.81. The van der Waals surface area contributed by atoms with Gasteiger partial charge < -0.3 is 29.9 Å². The number of rotatable bonds is 4. The maximum absolute atomic E-state index is 8.95. The minimum absolute atomic E-state index is 0. The number of halogens is 2. The molecule has 1 N–H and O–H groups in total. The third kappa shape index (κ3) is 4.60. The van der Waals surface area contributed by atoms with Gasteiger partial charge in [-0.2, -0.15) is 0 Å². The Labute approximate surface area is 157 Å². The van der Waals surface area contributed by atoms with Crippen molar-refractivity contribution in [1.82, 2.24) is 0 Å². The van der Waals surface area contributed by atoms with Crippen LogP contribution in [0.1, 0.15) is 24.8 Å². The van der Waals surface area contributed by atoms with E-state index >= 15 is 0 Å². The van der Waals surface area contributed by atoms with Crippen LogP contribution < -0.4 is 24.8 Å². The first-order valence-corrected chi connectivity index (χ1v) is 6.54. The summed E-state index contributed by atoms with van der Waals surface area (Å²) in [4.78, 5) is 0. The molecule has 0 saturated carbocycles. The van der Waals surface area contributed by atoms with Gasteiger partial charge in [-0.1, -0.05) is 41.5 Å². The first-order chi connectivity index (χ1) is 8.88. The fourth-order valence-electron chi connectivity index (χ4n) is 2.68. The Kier molecular flexibility index (Phi) is 9.57. The molecule has 1 aliphatic carbocycles. The van der Waals surface area contributed by atoms with Crippen LogP contribution in [-0.4, -0.2) is 11.7 Å². The van der Waals surface area contributed by atoms with Gasteiger partial charge >= 0.3 is 26.2 Å². The second kappa shape index (κ2) is 9.69. The van der Waals surface area contributed by atoms with E-state index in [2.05, 4.69) is 48.6 Å². The molecule has 0 aromatic heterocycles. The molecule has 0 heterocycles. The summed E-state index contributed by atoms with van der Waals surface area (Å²) >= 11 is 0. The zero-order chi connectivity index (χ0) is 12.4. The number of aliphatic hydroxyl groups excluding tert-OH is 1. The summed E-state index contributed by atoms with van der Waals surface area (Å²) in [5.41, 5.74) is 4.16. The van der Waals surface area contributed by atoms with Gasteiger partial charge in [0, 0.05) is 6.61 Å². The molecule has 109 valence electrons. The minimum atomic E-state index is 0. The summed E-state index contributed by atoms with van der Waals surface area (Å²) in [5.74, 6) is 0. The molecule has 2 aromatic rings. The molecule has 0 bridgehead atoms. The molecule has 0 saturated heterocycles. The summed E-state index contributed by atoms with van der Waals surface area (Å²) in [7, 11) is 0. The topological polar surface area (TPSA) is 20.2 Å². The third-order valence-corrected chi connectivity index (χ3v) is 3.60. The molecule has 1 nitrogen and oxygen atoms in total. The van der Waals surface area contributed by atoms with Crippen molar-refractivity contribution in [3.63, 3.8) is 0 Å². The average molecular weight is 399 g/mol. The van der Waals surface area contributed by atoms with Crippen molar-refractivity contribution in [2.75, 3.05) is 6.61 Å². The summed E-state index contributed by atoms with van der Waals surface area (Å²) in [6.45, 7) is 0.271. The van der Waals surface area contributed by atoms with Gasteiger partial charge in [-0.25, -0.2) is 0 Å². The molecule has 0 aliphatic heterocycles. The number of hydrogen-bond donors (Lipinski definition) is 1. The Morgan fingerprint density at radius 3 is 2.62 bits per heavy atom. The number of benzene rings is 1. The summed E-state index contributed by atoms with van der Waals surface area (Å²) in [5, 5.41) is 11.6. The van der Waals surface area contributed by atoms with Crippen LogP contribution in [0.2, 0.25) is 0 Å². The quantitative estimate of drug-likeness (QED) is 0.593. The molecule has 0 spiro atoms. The summed E-state index contributed by atoms with van der Waals surface area (Å²) in [6, 6.07) is 13.0. The SMILES string of the molecule is OCCCC1=C(c2cc3ccccc3[cH-]2)CC=C1.[Cl-].[Cl-].[Zr+3]. The predicted octanol–water partition coefficient (Wildman–Crippen LogP) is -1.95. The van der Waals surface area contributed by atoms with Crippen molar-refractivity contribution in [1.29, 1.82) is 0 Å². The Bertz CT molecular complexity index is 596. The second-order valence-electron chi connectivity index (χ2n) is 4.81. The molecule has 21 heavy (non-hydrogen) atoms. The molecule has 4 heteroatoms. The van der Waals surface area contributed by atoms with Crippen LogP contribution >= 0.6 is 0 Å². The van der Waals surface area contributed by atoms with E-state index in [9.17, 15) is 0 Å². The van der Waals surface area contributed by atoms with E-state index in [1.807, 2.05) is 0 Å². The summed E-state index contributed by atoms with van der Waals surface area (Å²) < 4.78 is 0. The molecule has 2 aromatic carbocycles. The Balaban J connectivity index is 0.00000133.